The SMILES string of the molecule is Cn1cnc(S(=O)(=O)NCC2CCC2)c1Cl. The lowest BCUT2D eigenvalue weighted by Crippen LogP contribution is -2.32. The highest BCUT2D eigenvalue weighted by Gasteiger charge is 2.25. The quantitative estimate of drug-likeness (QED) is 0.886. The fourth-order valence-electron chi connectivity index (χ4n) is 1.57. The van der Waals surface area contributed by atoms with E-state index in [-0.39, 0.29) is 10.2 Å². The van der Waals surface area contributed by atoms with Gasteiger partial charge in [-0.05, 0) is 18.8 Å². The number of aromatic nitrogens is 2. The van der Waals surface area contributed by atoms with Gasteiger partial charge in [0.25, 0.3) is 10.0 Å². The van der Waals surface area contributed by atoms with E-state index in [4.69, 9.17) is 11.6 Å². The molecule has 0 spiro atoms. The zero-order valence-electron chi connectivity index (χ0n) is 8.98. The predicted molar refractivity (Wildman–Crippen MR) is 60.7 cm³/mol. The van der Waals surface area contributed by atoms with Gasteiger partial charge < -0.3 is 4.57 Å². The van der Waals surface area contributed by atoms with E-state index in [9.17, 15) is 8.42 Å². The van der Waals surface area contributed by atoms with Gasteiger partial charge in [-0.1, -0.05) is 18.0 Å². The van der Waals surface area contributed by atoms with Crippen LogP contribution in [0.5, 0.6) is 0 Å². The molecule has 2 rings (SSSR count). The van der Waals surface area contributed by atoms with Crippen LogP contribution in [0.3, 0.4) is 0 Å². The molecular weight excluding hydrogens is 250 g/mol. The van der Waals surface area contributed by atoms with Gasteiger partial charge in [0.05, 0.1) is 6.33 Å². The summed E-state index contributed by atoms with van der Waals surface area (Å²) in [6.45, 7) is 0.481. The minimum Gasteiger partial charge on any atom is -0.324 e. The Kier molecular flexibility index (Phi) is 3.23. The molecular formula is C9H14ClN3O2S. The van der Waals surface area contributed by atoms with Gasteiger partial charge in [0.15, 0.2) is 0 Å². The number of sulfonamides is 1. The molecule has 5 nitrogen and oxygen atoms in total. The summed E-state index contributed by atoms with van der Waals surface area (Å²) < 4.78 is 27.7. The fraction of sp³-hybridized carbons (Fsp3) is 0.667. The molecule has 0 amide bonds. The van der Waals surface area contributed by atoms with E-state index in [1.807, 2.05) is 0 Å². The topological polar surface area (TPSA) is 64.0 Å². The van der Waals surface area contributed by atoms with Crippen molar-refractivity contribution in [2.24, 2.45) is 13.0 Å². The summed E-state index contributed by atoms with van der Waals surface area (Å²) in [6, 6.07) is 0. The van der Waals surface area contributed by atoms with Crippen LogP contribution in [-0.2, 0) is 17.1 Å². The van der Waals surface area contributed by atoms with Crippen molar-refractivity contribution in [3.05, 3.63) is 11.5 Å². The Morgan fingerprint density at radius 1 is 1.62 bits per heavy atom. The van der Waals surface area contributed by atoms with Crippen molar-refractivity contribution in [2.75, 3.05) is 6.54 Å². The fourth-order valence-corrected chi connectivity index (χ4v) is 3.11. The number of nitrogens with one attached hydrogen (secondary N) is 1. The Hall–Kier alpha value is -0.590. The maximum absolute atomic E-state index is 11.8. The van der Waals surface area contributed by atoms with Crippen LogP contribution in [0.2, 0.25) is 5.15 Å². The second-order valence-electron chi connectivity index (χ2n) is 4.10. The third-order valence-electron chi connectivity index (χ3n) is 2.88. The molecule has 1 fully saturated rings. The molecule has 1 aliphatic carbocycles. The molecule has 0 unspecified atom stereocenters. The maximum Gasteiger partial charge on any atom is 0.261 e. The lowest BCUT2D eigenvalue weighted by Gasteiger charge is -2.25. The van der Waals surface area contributed by atoms with Gasteiger partial charge in [0.1, 0.15) is 5.15 Å². The number of aryl methyl sites for hydroxylation is 1. The van der Waals surface area contributed by atoms with Crippen LogP contribution in [0.4, 0.5) is 0 Å². The molecule has 0 saturated heterocycles. The minimum atomic E-state index is -3.56. The van der Waals surface area contributed by atoms with Crippen molar-refractivity contribution >= 4 is 21.6 Å². The van der Waals surface area contributed by atoms with E-state index in [1.54, 1.807) is 7.05 Å². The monoisotopic (exact) mass is 263 g/mol. The highest BCUT2D eigenvalue weighted by molar-refractivity contribution is 7.89. The van der Waals surface area contributed by atoms with E-state index in [0.29, 0.717) is 12.5 Å². The highest BCUT2D eigenvalue weighted by atomic mass is 35.5. The first-order valence-electron chi connectivity index (χ1n) is 5.17. The molecule has 7 heteroatoms. The Bertz CT molecular complexity index is 479. The van der Waals surface area contributed by atoms with Crippen molar-refractivity contribution in [1.29, 1.82) is 0 Å². The summed E-state index contributed by atoms with van der Waals surface area (Å²) in [7, 11) is -1.90. The molecule has 90 valence electrons. The number of hydrogen-bond acceptors (Lipinski definition) is 3. The predicted octanol–water partition coefficient (Wildman–Crippen LogP) is 1.15. The molecule has 0 bridgehead atoms. The normalized spacial score (nSPS) is 17.4. The van der Waals surface area contributed by atoms with Gasteiger partial charge in [-0.25, -0.2) is 18.1 Å². The minimum absolute atomic E-state index is 0.0870. The average Bonchev–Trinajstić information content (AvgIpc) is 2.45. The first kappa shape index (κ1) is 11.9. The molecule has 1 aromatic heterocycles. The molecule has 1 aliphatic rings. The third kappa shape index (κ3) is 2.23. The Morgan fingerprint density at radius 2 is 2.31 bits per heavy atom. The van der Waals surface area contributed by atoms with Crippen LogP contribution in [0.25, 0.3) is 0 Å². The van der Waals surface area contributed by atoms with Gasteiger partial charge in [0.2, 0.25) is 5.03 Å². The summed E-state index contributed by atoms with van der Waals surface area (Å²) in [4.78, 5) is 3.79. The zero-order valence-corrected chi connectivity index (χ0v) is 10.6. The van der Waals surface area contributed by atoms with Gasteiger partial charge in [0, 0.05) is 13.6 Å². The third-order valence-corrected chi connectivity index (χ3v) is 4.79. The summed E-state index contributed by atoms with van der Waals surface area (Å²) >= 11 is 5.84. The Labute approximate surface area is 99.9 Å². The molecule has 1 heterocycles. The van der Waals surface area contributed by atoms with Crippen LogP contribution in [0, 0.1) is 5.92 Å². The van der Waals surface area contributed by atoms with Crippen LogP contribution in [0.1, 0.15) is 19.3 Å². The zero-order chi connectivity index (χ0) is 11.8. The van der Waals surface area contributed by atoms with E-state index in [1.165, 1.54) is 17.3 Å². The molecule has 1 saturated carbocycles. The van der Waals surface area contributed by atoms with Crippen molar-refractivity contribution in [3.8, 4) is 0 Å². The number of rotatable bonds is 4. The highest BCUT2D eigenvalue weighted by Crippen LogP contribution is 2.26. The van der Waals surface area contributed by atoms with Crippen LogP contribution in [0.15, 0.2) is 11.4 Å². The molecule has 1 aromatic rings. The van der Waals surface area contributed by atoms with Gasteiger partial charge >= 0.3 is 0 Å². The van der Waals surface area contributed by atoms with Crippen molar-refractivity contribution in [3.63, 3.8) is 0 Å². The van der Waals surface area contributed by atoms with Gasteiger partial charge in [-0.2, -0.15) is 0 Å². The summed E-state index contributed by atoms with van der Waals surface area (Å²) in [5.74, 6) is 0.470. The second-order valence-corrected chi connectivity index (χ2v) is 6.14. The van der Waals surface area contributed by atoms with Crippen molar-refractivity contribution in [1.82, 2.24) is 14.3 Å². The molecule has 1 N–H and O–H groups in total. The Balaban J connectivity index is 2.09. The number of halogens is 1. The number of hydrogen-bond donors (Lipinski definition) is 1. The first-order valence-corrected chi connectivity index (χ1v) is 7.03. The van der Waals surface area contributed by atoms with Crippen LogP contribution < -0.4 is 4.72 Å². The van der Waals surface area contributed by atoms with Gasteiger partial charge in [-0.3, -0.25) is 0 Å². The van der Waals surface area contributed by atoms with Crippen molar-refractivity contribution < 1.29 is 8.42 Å². The van der Waals surface area contributed by atoms with Crippen LogP contribution >= 0.6 is 11.6 Å². The maximum atomic E-state index is 11.8. The lowest BCUT2D eigenvalue weighted by molar-refractivity contribution is 0.316. The van der Waals surface area contributed by atoms with Crippen LogP contribution in [-0.4, -0.2) is 24.5 Å². The van der Waals surface area contributed by atoms with E-state index in [2.05, 4.69) is 9.71 Å². The standard InChI is InChI=1S/C9H14ClN3O2S/c1-13-6-11-9(8(13)10)16(14,15)12-5-7-3-2-4-7/h6-7,12H,2-5H2,1H3. The van der Waals surface area contributed by atoms with E-state index < -0.39 is 10.0 Å². The van der Waals surface area contributed by atoms with E-state index in [0.717, 1.165) is 12.8 Å². The lowest BCUT2D eigenvalue weighted by atomic mass is 9.86. The first-order chi connectivity index (χ1) is 7.50. The molecule has 0 aliphatic heterocycles. The average molecular weight is 264 g/mol. The molecule has 0 aromatic carbocycles. The number of nitrogens with zero attached hydrogens (tertiary/aromatic N) is 2. The number of imidazole rings is 1. The Morgan fingerprint density at radius 3 is 2.75 bits per heavy atom. The smallest absolute Gasteiger partial charge is 0.261 e. The molecule has 0 atom stereocenters. The second kappa shape index (κ2) is 4.35. The largest absolute Gasteiger partial charge is 0.324 e. The van der Waals surface area contributed by atoms with E-state index >= 15 is 0 Å². The molecule has 0 radical (unpaired) electrons. The van der Waals surface area contributed by atoms with Gasteiger partial charge in [-0.15, -0.1) is 0 Å². The summed E-state index contributed by atoms with van der Waals surface area (Å²) in [6.07, 6.45) is 4.77. The molecule has 16 heavy (non-hydrogen) atoms. The van der Waals surface area contributed by atoms with Crippen molar-refractivity contribution in [2.45, 2.75) is 24.3 Å². The summed E-state index contributed by atoms with van der Waals surface area (Å²) in [5, 5.41) is 0.0529. The summed E-state index contributed by atoms with van der Waals surface area (Å²) in [5.41, 5.74) is 0.